The van der Waals surface area contributed by atoms with Crippen molar-refractivity contribution in [2.45, 2.75) is 6.42 Å². The van der Waals surface area contributed by atoms with Crippen molar-refractivity contribution in [3.63, 3.8) is 0 Å². The smallest absolute Gasteiger partial charge is 0.317 e. The molecule has 12 nitrogen and oxygen atoms in total. The van der Waals surface area contributed by atoms with Gasteiger partial charge in [0.2, 0.25) is 0 Å². The van der Waals surface area contributed by atoms with Crippen molar-refractivity contribution in [1.29, 1.82) is 0 Å². The topological polar surface area (TPSA) is 162 Å². The fraction of sp³-hybridized carbons (Fsp3) is 0.765. The SMILES string of the molecule is O=C(O)CN1CCCN(CC(=O)O)CCN(CC(=O)O)CCN(CC(=O)O)CC1. The second kappa shape index (κ2) is 13.0. The number of carboxylic acids is 4. The Morgan fingerprint density at radius 2 is 0.655 bits per heavy atom. The molecule has 0 spiro atoms. The van der Waals surface area contributed by atoms with Crippen LogP contribution in [0.1, 0.15) is 6.42 Å². The normalized spacial score (nSPS) is 19.6. The molecule has 0 radical (unpaired) electrons. The van der Waals surface area contributed by atoms with Crippen molar-refractivity contribution >= 4 is 23.9 Å². The van der Waals surface area contributed by atoms with Crippen molar-refractivity contribution in [1.82, 2.24) is 19.6 Å². The number of carboxylic acid groups (broad SMARTS) is 4. The summed E-state index contributed by atoms with van der Waals surface area (Å²) in [6, 6.07) is 0. The van der Waals surface area contributed by atoms with Gasteiger partial charge in [0.1, 0.15) is 0 Å². The van der Waals surface area contributed by atoms with E-state index in [9.17, 15) is 19.2 Å². The highest BCUT2D eigenvalue weighted by molar-refractivity contribution is 5.70. The monoisotopic (exact) mass is 418 g/mol. The van der Waals surface area contributed by atoms with Crippen LogP contribution in [0.15, 0.2) is 0 Å². The van der Waals surface area contributed by atoms with E-state index in [1.54, 1.807) is 19.6 Å². The molecule has 1 heterocycles. The molecular weight excluding hydrogens is 388 g/mol. The van der Waals surface area contributed by atoms with Gasteiger partial charge in [0.05, 0.1) is 26.2 Å². The molecule has 1 aliphatic heterocycles. The molecule has 166 valence electrons. The number of nitrogens with zero attached hydrogens (tertiary/aromatic N) is 4. The third-order valence-electron chi connectivity index (χ3n) is 4.58. The van der Waals surface area contributed by atoms with E-state index in [1.165, 1.54) is 0 Å². The number of aliphatic carboxylic acids is 4. The standard InChI is InChI=1S/C17H30N4O8/c22-14(23)10-18-2-1-3-19(11-15(24)25)5-7-21(13-17(28)29)9-8-20(6-4-18)12-16(26)27/h1-13H2,(H,22,23)(H,24,25)(H,26,27)(H,28,29). The minimum Gasteiger partial charge on any atom is -0.480 e. The molecule has 1 fully saturated rings. The lowest BCUT2D eigenvalue weighted by Crippen LogP contribution is -2.44. The van der Waals surface area contributed by atoms with E-state index in [-0.39, 0.29) is 26.2 Å². The summed E-state index contributed by atoms with van der Waals surface area (Å²) in [6.07, 6.45) is 0.540. The molecule has 0 aromatic heterocycles. The second-order valence-corrected chi connectivity index (χ2v) is 7.03. The van der Waals surface area contributed by atoms with Gasteiger partial charge in [-0.15, -0.1) is 0 Å². The Morgan fingerprint density at radius 1 is 0.448 bits per heavy atom. The van der Waals surface area contributed by atoms with E-state index in [2.05, 4.69) is 0 Å². The molecule has 1 saturated heterocycles. The third kappa shape index (κ3) is 12.0. The van der Waals surface area contributed by atoms with Crippen LogP contribution in [0.3, 0.4) is 0 Å². The largest absolute Gasteiger partial charge is 0.480 e. The quantitative estimate of drug-likeness (QED) is 0.341. The van der Waals surface area contributed by atoms with Crippen molar-refractivity contribution in [3.05, 3.63) is 0 Å². The van der Waals surface area contributed by atoms with Crippen molar-refractivity contribution in [2.24, 2.45) is 0 Å². The summed E-state index contributed by atoms with van der Waals surface area (Å²) >= 11 is 0. The van der Waals surface area contributed by atoms with E-state index in [0.717, 1.165) is 0 Å². The van der Waals surface area contributed by atoms with Gasteiger partial charge in [-0.3, -0.25) is 38.8 Å². The van der Waals surface area contributed by atoms with Crippen molar-refractivity contribution in [3.8, 4) is 0 Å². The lowest BCUT2D eigenvalue weighted by atomic mass is 10.3. The summed E-state index contributed by atoms with van der Waals surface area (Å²) in [7, 11) is 0. The minimum atomic E-state index is -1.02. The molecular formula is C17H30N4O8. The van der Waals surface area contributed by atoms with Crippen LogP contribution in [-0.2, 0) is 19.2 Å². The summed E-state index contributed by atoms with van der Waals surface area (Å²) in [5, 5.41) is 36.4. The Kier molecular flexibility index (Phi) is 11.1. The van der Waals surface area contributed by atoms with Crippen LogP contribution in [0.4, 0.5) is 0 Å². The lowest BCUT2D eigenvalue weighted by Gasteiger charge is -2.28. The highest BCUT2D eigenvalue weighted by Gasteiger charge is 2.19. The maximum absolute atomic E-state index is 11.1. The molecule has 0 unspecified atom stereocenters. The average Bonchev–Trinajstić information content (AvgIpc) is 2.59. The zero-order valence-electron chi connectivity index (χ0n) is 16.4. The van der Waals surface area contributed by atoms with E-state index < -0.39 is 23.9 Å². The maximum atomic E-state index is 11.1. The molecule has 0 saturated carbocycles. The van der Waals surface area contributed by atoms with Gasteiger partial charge >= 0.3 is 23.9 Å². The number of carbonyl (C=O) groups is 4. The van der Waals surface area contributed by atoms with Gasteiger partial charge in [0.15, 0.2) is 0 Å². The fourth-order valence-electron chi connectivity index (χ4n) is 3.21. The van der Waals surface area contributed by atoms with Gasteiger partial charge < -0.3 is 20.4 Å². The van der Waals surface area contributed by atoms with Crippen molar-refractivity contribution < 1.29 is 39.6 Å². The van der Waals surface area contributed by atoms with Gasteiger partial charge in [-0.05, 0) is 6.42 Å². The van der Waals surface area contributed by atoms with Gasteiger partial charge in [0.25, 0.3) is 0 Å². The van der Waals surface area contributed by atoms with Crippen LogP contribution in [0.25, 0.3) is 0 Å². The predicted octanol–water partition coefficient (Wildman–Crippen LogP) is -2.06. The van der Waals surface area contributed by atoms with Crippen LogP contribution in [0, 0.1) is 0 Å². The van der Waals surface area contributed by atoms with Gasteiger partial charge in [-0.25, -0.2) is 0 Å². The fourth-order valence-corrected chi connectivity index (χ4v) is 3.21. The first kappa shape index (κ1) is 24.8. The first-order valence-corrected chi connectivity index (χ1v) is 9.42. The first-order chi connectivity index (χ1) is 13.7. The Labute approximate surface area is 168 Å². The summed E-state index contributed by atoms with van der Waals surface area (Å²) in [6.45, 7) is 1.99. The van der Waals surface area contributed by atoms with Crippen LogP contribution >= 0.6 is 0 Å². The van der Waals surface area contributed by atoms with Crippen LogP contribution in [-0.4, -0.2) is 142 Å². The second-order valence-electron chi connectivity index (χ2n) is 7.03. The van der Waals surface area contributed by atoms with E-state index >= 15 is 0 Å². The number of hydrogen-bond acceptors (Lipinski definition) is 8. The Morgan fingerprint density at radius 3 is 0.862 bits per heavy atom. The molecule has 0 aromatic carbocycles. The molecule has 0 amide bonds. The van der Waals surface area contributed by atoms with E-state index in [1.807, 2.05) is 0 Å². The van der Waals surface area contributed by atoms with Crippen LogP contribution in [0.5, 0.6) is 0 Å². The zero-order chi connectivity index (χ0) is 21.8. The molecule has 0 aliphatic carbocycles. The van der Waals surface area contributed by atoms with Gasteiger partial charge in [-0.2, -0.15) is 0 Å². The average molecular weight is 418 g/mol. The molecule has 1 aliphatic rings. The van der Waals surface area contributed by atoms with Crippen LogP contribution in [0.2, 0.25) is 0 Å². The lowest BCUT2D eigenvalue weighted by molar-refractivity contribution is -0.140. The van der Waals surface area contributed by atoms with E-state index in [4.69, 9.17) is 20.4 Å². The summed E-state index contributed by atoms with van der Waals surface area (Å²) in [5.74, 6) is -4.02. The minimum absolute atomic E-state index is 0.190. The van der Waals surface area contributed by atoms with Crippen LogP contribution < -0.4 is 0 Å². The van der Waals surface area contributed by atoms with Crippen molar-refractivity contribution in [2.75, 3.05) is 78.5 Å². The number of hydrogen-bond donors (Lipinski definition) is 4. The predicted molar refractivity (Wildman–Crippen MR) is 101 cm³/mol. The third-order valence-corrected chi connectivity index (χ3v) is 4.58. The van der Waals surface area contributed by atoms with Gasteiger partial charge in [0, 0.05) is 52.4 Å². The zero-order valence-corrected chi connectivity index (χ0v) is 16.4. The molecule has 1 rings (SSSR count). The highest BCUT2D eigenvalue weighted by Crippen LogP contribution is 2.02. The highest BCUT2D eigenvalue weighted by atomic mass is 16.4. The molecule has 29 heavy (non-hydrogen) atoms. The molecule has 0 aromatic rings. The molecule has 0 bridgehead atoms. The summed E-state index contributed by atoms with van der Waals surface area (Å²) in [4.78, 5) is 51.2. The Hall–Kier alpha value is -2.28. The first-order valence-electron chi connectivity index (χ1n) is 9.42. The summed E-state index contributed by atoms with van der Waals surface area (Å²) < 4.78 is 0. The van der Waals surface area contributed by atoms with Gasteiger partial charge in [-0.1, -0.05) is 0 Å². The summed E-state index contributed by atoms with van der Waals surface area (Å²) in [5.41, 5.74) is 0. The molecule has 0 atom stereocenters. The Bertz CT molecular complexity index is 526. The molecule has 4 N–H and O–H groups in total. The number of rotatable bonds is 8. The Balaban J connectivity index is 2.92. The molecule has 12 heteroatoms. The maximum Gasteiger partial charge on any atom is 0.317 e. The van der Waals surface area contributed by atoms with E-state index in [0.29, 0.717) is 58.8 Å².